The molecule has 0 saturated heterocycles. The van der Waals surface area contributed by atoms with Crippen molar-refractivity contribution >= 4 is 11.3 Å². The van der Waals surface area contributed by atoms with E-state index in [0.29, 0.717) is 19.3 Å². The quantitative estimate of drug-likeness (QED) is 0.912. The second kappa shape index (κ2) is 5.59. The van der Waals surface area contributed by atoms with Gasteiger partial charge in [0.15, 0.2) is 0 Å². The van der Waals surface area contributed by atoms with Crippen LogP contribution in [-0.4, -0.2) is 18.1 Å². The van der Waals surface area contributed by atoms with Crippen LogP contribution in [-0.2, 0) is 6.61 Å². The van der Waals surface area contributed by atoms with Gasteiger partial charge in [0, 0.05) is 23.2 Å². The number of rotatable bonds is 5. The number of aromatic nitrogens is 1. The number of likely N-dealkylation sites (N-methyl/N-ethyl adjacent to an activating group) is 1. The second-order valence-corrected chi connectivity index (χ2v) is 5.31. The molecule has 2 heterocycles. The molecule has 5 heteroatoms. The van der Waals surface area contributed by atoms with Gasteiger partial charge in [0.05, 0.1) is 6.04 Å². The summed E-state index contributed by atoms with van der Waals surface area (Å²) in [6.45, 7) is 4.24. The third kappa shape index (κ3) is 2.72. The maximum atomic E-state index is 5.72. The molecular formula is C14H16N2O2S. The molecule has 19 heavy (non-hydrogen) atoms. The highest BCUT2D eigenvalue weighted by Gasteiger charge is 2.23. The molecule has 3 rings (SSSR count). The van der Waals surface area contributed by atoms with Gasteiger partial charge in [0.2, 0.25) is 0 Å². The molecule has 0 amide bonds. The van der Waals surface area contributed by atoms with Gasteiger partial charge in [-0.2, -0.15) is 0 Å². The van der Waals surface area contributed by atoms with Gasteiger partial charge in [0.25, 0.3) is 0 Å². The predicted octanol–water partition coefficient (Wildman–Crippen LogP) is 2.77. The summed E-state index contributed by atoms with van der Waals surface area (Å²) >= 11 is 1.60. The van der Waals surface area contributed by atoms with Crippen molar-refractivity contribution in [2.75, 3.05) is 13.2 Å². The molecule has 4 nitrogen and oxygen atoms in total. The summed E-state index contributed by atoms with van der Waals surface area (Å²) in [5.41, 5.74) is 1.21. The van der Waals surface area contributed by atoms with Gasteiger partial charge < -0.3 is 14.8 Å². The van der Waals surface area contributed by atoms with Crippen molar-refractivity contribution in [1.82, 2.24) is 10.3 Å². The summed E-state index contributed by atoms with van der Waals surface area (Å²) < 4.78 is 11.4. The van der Waals surface area contributed by atoms with E-state index in [2.05, 4.69) is 23.3 Å². The van der Waals surface area contributed by atoms with Crippen LogP contribution in [0.4, 0.5) is 0 Å². The monoisotopic (exact) mass is 276 g/mol. The summed E-state index contributed by atoms with van der Waals surface area (Å²) in [5.74, 6) is 1.74. The fraction of sp³-hybridized carbons (Fsp3) is 0.357. The van der Waals surface area contributed by atoms with Crippen molar-refractivity contribution in [2.24, 2.45) is 0 Å². The molecule has 1 aromatic carbocycles. The molecule has 0 spiro atoms. The van der Waals surface area contributed by atoms with E-state index >= 15 is 0 Å². The van der Waals surface area contributed by atoms with E-state index in [-0.39, 0.29) is 0 Å². The van der Waals surface area contributed by atoms with Crippen LogP contribution in [0.15, 0.2) is 29.8 Å². The molecule has 0 aliphatic carbocycles. The largest absolute Gasteiger partial charge is 0.491 e. The zero-order valence-corrected chi connectivity index (χ0v) is 11.6. The Morgan fingerprint density at radius 3 is 3.26 bits per heavy atom. The van der Waals surface area contributed by atoms with Crippen molar-refractivity contribution in [3.8, 4) is 11.5 Å². The SMILES string of the molecule is CCNC1COc2cc(OCc3nccs3)ccc21. The Kier molecular flexibility index (Phi) is 3.66. The van der Waals surface area contributed by atoms with E-state index in [9.17, 15) is 0 Å². The average Bonchev–Trinajstić information content (AvgIpc) is 3.06. The number of hydrogen-bond donors (Lipinski definition) is 1. The van der Waals surface area contributed by atoms with Gasteiger partial charge in [-0.15, -0.1) is 11.3 Å². The van der Waals surface area contributed by atoms with E-state index < -0.39 is 0 Å². The third-order valence-electron chi connectivity index (χ3n) is 3.06. The van der Waals surface area contributed by atoms with Crippen LogP contribution in [0.25, 0.3) is 0 Å². The number of hydrogen-bond acceptors (Lipinski definition) is 5. The van der Waals surface area contributed by atoms with Crippen molar-refractivity contribution in [3.63, 3.8) is 0 Å². The standard InChI is InChI=1S/C14H16N2O2S/c1-2-15-12-8-18-13-7-10(3-4-11(12)13)17-9-14-16-5-6-19-14/h3-7,12,15H,2,8-9H2,1H3. The summed E-state index contributed by atoms with van der Waals surface area (Å²) in [5, 5.41) is 6.33. The van der Waals surface area contributed by atoms with E-state index in [1.807, 2.05) is 17.5 Å². The van der Waals surface area contributed by atoms with Crippen LogP contribution in [0, 0.1) is 0 Å². The van der Waals surface area contributed by atoms with Crippen molar-refractivity contribution in [3.05, 3.63) is 40.3 Å². The van der Waals surface area contributed by atoms with Crippen LogP contribution in [0.1, 0.15) is 23.5 Å². The van der Waals surface area contributed by atoms with E-state index in [0.717, 1.165) is 23.1 Å². The molecule has 1 atom stereocenters. The van der Waals surface area contributed by atoms with Crippen molar-refractivity contribution in [2.45, 2.75) is 19.6 Å². The van der Waals surface area contributed by atoms with Gasteiger partial charge in [-0.1, -0.05) is 6.92 Å². The van der Waals surface area contributed by atoms with Crippen LogP contribution in [0.3, 0.4) is 0 Å². The maximum absolute atomic E-state index is 5.72. The molecule has 1 aliphatic heterocycles. The lowest BCUT2D eigenvalue weighted by Gasteiger charge is -2.09. The summed E-state index contributed by atoms with van der Waals surface area (Å²) in [7, 11) is 0. The number of thiazole rings is 1. The Morgan fingerprint density at radius 1 is 1.53 bits per heavy atom. The first-order valence-electron chi connectivity index (χ1n) is 6.38. The van der Waals surface area contributed by atoms with Gasteiger partial charge in [-0.3, -0.25) is 0 Å². The number of ether oxygens (including phenoxy) is 2. The van der Waals surface area contributed by atoms with E-state index in [1.54, 1.807) is 17.5 Å². The Balaban J connectivity index is 1.68. The second-order valence-electron chi connectivity index (χ2n) is 4.34. The van der Waals surface area contributed by atoms with Crippen molar-refractivity contribution < 1.29 is 9.47 Å². The van der Waals surface area contributed by atoms with E-state index in [4.69, 9.17) is 9.47 Å². The predicted molar refractivity (Wildman–Crippen MR) is 74.8 cm³/mol. The number of nitrogens with one attached hydrogen (secondary N) is 1. The lowest BCUT2D eigenvalue weighted by Crippen LogP contribution is -2.21. The van der Waals surface area contributed by atoms with Crippen molar-refractivity contribution in [1.29, 1.82) is 0 Å². The Labute approximate surface area is 116 Å². The van der Waals surface area contributed by atoms with Crippen LogP contribution in [0.2, 0.25) is 0 Å². The smallest absolute Gasteiger partial charge is 0.140 e. The molecule has 2 aromatic rings. The molecule has 1 N–H and O–H groups in total. The number of benzene rings is 1. The Hall–Kier alpha value is -1.59. The first-order chi connectivity index (χ1) is 9.36. The Morgan fingerprint density at radius 2 is 2.47 bits per heavy atom. The molecule has 100 valence electrons. The molecule has 1 aromatic heterocycles. The fourth-order valence-electron chi connectivity index (χ4n) is 2.16. The molecule has 0 bridgehead atoms. The molecule has 0 fully saturated rings. The Bertz CT molecular complexity index is 542. The summed E-state index contributed by atoms with van der Waals surface area (Å²) in [4.78, 5) is 4.19. The minimum atomic E-state index is 0.299. The minimum absolute atomic E-state index is 0.299. The highest BCUT2D eigenvalue weighted by Crippen LogP contribution is 2.35. The van der Waals surface area contributed by atoms with Crippen LogP contribution >= 0.6 is 11.3 Å². The third-order valence-corrected chi connectivity index (χ3v) is 3.82. The minimum Gasteiger partial charge on any atom is -0.491 e. The topological polar surface area (TPSA) is 43.4 Å². The maximum Gasteiger partial charge on any atom is 0.140 e. The zero-order valence-electron chi connectivity index (χ0n) is 10.8. The first kappa shape index (κ1) is 12.4. The van der Waals surface area contributed by atoms with Gasteiger partial charge in [0.1, 0.15) is 29.7 Å². The number of nitrogens with zero attached hydrogens (tertiary/aromatic N) is 1. The average molecular weight is 276 g/mol. The molecule has 1 unspecified atom stereocenters. The lowest BCUT2D eigenvalue weighted by atomic mass is 10.1. The van der Waals surface area contributed by atoms with Gasteiger partial charge in [-0.05, 0) is 18.7 Å². The summed E-state index contributed by atoms with van der Waals surface area (Å²) in [6, 6.07) is 6.33. The summed E-state index contributed by atoms with van der Waals surface area (Å²) in [6.07, 6.45) is 1.79. The highest BCUT2D eigenvalue weighted by molar-refractivity contribution is 7.09. The molecule has 1 aliphatic rings. The fourth-order valence-corrected chi connectivity index (χ4v) is 2.69. The molecule has 0 radical (unpaired) electrons. The molecular weight excluding hydrogens is 260 g/mol. The zero-order chi connectivity index (χ0) is 13.1. The van der Waals surface area contributed by atoms with Crippen LogP contribution < -0.4 is 14.8 Å². The lowest BCUT2D eigenvalue weighted by molar-refractivity contribution is 0.297. The van der Waals surface area contributed by atoms with E-state index in [1.165, 1.54) is 5.56 Å². The van der Waals surface area contributed by atoms with Gasteiger partial charge >= 0.3 is 0 Å². The van der Waals surface area contributed by atoms with Gasteiger partial charge in [-0.25, -0.2) is 4.98 Å². The van der Waals surface area contributed by atoms with Crippen LogP contribution in [0.5, 0.6) is 11.5 Å². The molecule has 0 saturated carbocycles. The normalized spacial score (nSPS) is 17.0. The number of fused-ring (bicyclic) bond motifs is 1. The first-order valence-corrected chi connectivity index (χ1v) is 7.26. The highest BCUT2D eigenvalue weighted by atomic mass is 32.1.